The molecule has 0 atom stereocenters. The van der Waals surface area contributed by atoms with Crippen molar-refractivity contribution < 1.29 is 9.90 Å². The molecule has 2 N–H and O–H groups in total. The molecule has 1 amide bonds. The number of rotatable bonds is 8. The first-order valence-electron chi connectivity index (χ1n) is 7.61. The Morgan fingerprint density at radius 3 is 2.50 bits per heavy atom. The normalized spacial score (nSPS) is 11.0. The number of carbonyl (C=O) groups excluding carboxylic acids is 1. The van der Waals surface area contributed by atoms with Gasteiger partial charge in [0, 0.05) is 13.1 Å². The number of nitrogens with zero attached hydrogens (tertiary/aromatic N) is 2. The highest BCUT2D eigenvalue weighted by molar-refractivity contribution is 7.99. The van der Waals surface area contributed by atoms with Crippen molar-refractivity contribution in [1.29, 1.82) is 0 Å². The van der Waals surface area contributed by atoms with Crippen LogP contribution in [0, 0.1) is 5.92 Å². The van der Waals surface area contributed by atoms with Crippen molar-refractivity contribution >= 4 is 17.7 Å². The Kier molecular flexibility index (Phi) is 7.44. The maximum atomic E-state index is 12.0. The summed E-state index contributed by atoms with van der Waals surface area (Å²) >= 11 is 1.13. The highest BCUT2D eigenvalue weighted by Gasteiger charge is 2.14. The number of aromatic nitrogens is 2. The molecule has 0 bridgehead atoms. The number of thioether (sulfide) groups is 1. The summed E-state index contributed by atoms with van der Waals surface area (Å²) in [5.74, 6) is 0.387. The lowest BCUT2D eigenvalue weighted by Gasteiger charge is -2.17. The molecule has 0 aliphatic rings. The highest BCUT2D eigenvalue weighted by atomic mass is 32.2. The molecule has 22 heavy (non-hydrogen) atoms. The van der Waals surface area contributed by atoms with Crippen LogP contribution in [0.1, 0.15) is 39.7 Å². The Morgan fingerprint density at radius 1 is 1.36 bits per heavy atom. The number of H-pyrrole nitrogens is 1. The molecule has 6 nitrogen and oxygen atoms in total. The number of hydrogen-bond acceptors (Lipinski definition) is 5. The Balaban J connectivity index is 2.74. The molecule has 1 aromatic rings. The van der Waals surface area contributed by atoms with Crippen LogP contribution in [0.25, 0.3) is 0 Å². The minimum absolute atomic E-state index is 0.0129. The molecule has 0 unspecified atom stereocenters. The molecule has 1 rings (SSSR count). The number of amides is 1. The van der Waals surface area contributed by atoms with E-state index < -0.39 is 0 Å². The third kappa shape index (κ3) is 5.36. The summed E-state index contributed by atoms with van der Waals surface area (Å²) < 4.78 is 0. The van der Waals surface area contributed by atoms with E-state index in [0.29, 0.717) is 31.0 Å². The smallest absolute Gasteiger partial charge is 0.258 e. The van der Waals surface area contributed by atoms with Gasteiger partial charge >= 0.3 is 0 Å². The van der Waals surface area contributed by atoms with Crippen LogP contribution in [0.15, 0.2) is 9.95 Å². The van der Waals surface area contributed by atoms with Crippen molar-refractivity contribution in [2.75, 3.05) is 18.8 Å². The molecular weight excluding hydrogens is 302 g/mol. The number of aromatic hydroxyl groups is 1. The van der Waals surface area contributed by atoms with Crippen LogP contribution in [0.2, 0.25) is 0 Å². The van der Waals surface area contributed by atoms with Crippen LogP contribution in [0.3, 0.4) is 0 Å². The van der Waals surface area contributed by atoms with Crippen molar-refractivity contribution in [3.8, 4) is 5.88 Å². The maximum absolute atomic E-state index is 12.0. The van der Waals surface area contributed by atoms with Gasteiger partial charge in [-0.15, -0.1) is 0 Å². The average Bonchev–Trinajstić information content (AvgIpc) is 2.45. The van der Waals surface area contributed by atoms with Gasteiger partial charge in [-0.1, -0.05) is 25.6 Å². The Bertz CT molecular complexity index is 553. The summed E-state index contributed by atoms with van der Waals surface area (Å²) in [6, 6.07) is 0. The summed E-state index contributed by atoms with van der Waals surface area (Å²) in [7, 11) is 0. The second kappa shape index (κ2) is 8.82. The van der Waals surface area contributed by atoms with Crippen LogP contribution < -0.4 is 5.56 Å². The lowest BCUT2D eigenvalue weighted by molar-refractivity contribution is -0.127. The van der Waals surface area contributed by atoms with Gasteiger partial charge in [-0.3, -0.25) is 9.59 Å². The monoisotopic (exact) mass is 327 g/mol. The fourth-order valence-corrected chi connectivity index (χ4v) is 2.75. The minimum atomic E-state index is -0.328. The van der Waals surface area contributed by atoms with E-state index in [2.05, 4.69) is 23.8 Å². The van der Waals surface area contributed by atoms with Gasteiger partial charge in [0.05, 0.1) is 11.3 Å². The summed E-state index contributed by atoms with van der Waals surface area (Å²) in [6.07, 6.45) is 1.31. The van der Waals surface area contributed by atoms with Gasteiger partial charge in [0.25, 0.3) is 5.56 Å². The molecule has 0 saturated carbocycles. The van der Waals surface area contributed by atoms with E-state index in [0.717, 1.165) is 18.2 Å². The van der Waals surface area contributed by atoms with Gasteiger partial charge < -0.3 is 15.0 Å². The summed E-state index contributed by atoms with van der Waals surface area (Å²) in [6.45, 7) is 9.25. The molecule has 0 fully saturated rings. The van der Waals surface area contributed by atoms with E-state index >= 15 is 0 Å². The van der Waals surface area contributed by atoms with E-state index in [9.17, 15) is 14.7 Å². The average molecular weight is 327 g/mol. The first-order valence-corrected chi connectivity index (χ1v) is 8.60. The fraction of sp³-hybridized carbons (Fsp3) is 0.667. The van der Waals surface area contributed by atoms with Crippen molar-refractivity contribution in [3.05, 3.63) is 15.9 Å². The van der Waals surface area contributed by atoms with E-state index in [1.54, 1.807) is 4.90 Å². The standard InChI is InChI=1S/C15H25N3O3S/c1-5-18(6-2)12(19)9-22-15-16-13(20)11(14(21)17-15)8-7-10(3)4/h10H,5-9H2,1-4H3,(H2,16,17,20,21). The molecule has 124 valence electrons. The van der Waals surface area contributed by atoms with Crippen LogP contribution in [0.4, 0.5) is 0 Å². The van der Waals surface area contributed by atoms with E-state index in [-0.39, 0.29) is 28.3 Å². The van der Waals surface area contributed by atoms with Gasteiger partial charge in [0.15, 0.2) is 5.16 Å². The van der Waals surface area contributed by atoms with Gasteiger partial charge in [0.2, 0.25) is 11.8 Å². The summed E-state index contributed by atoms with van der Waals surface area (Å²) in [5.41, 5.74) is -0.0148. The fourth-order valence-electron chi connectivity index (χ4n) is 1.99. The van der Waals surface area contributed by atoms with Gasteiger partial charge in [-0.05, 0) is 32.6 Å². The zero-order valence-corrected chi connectivity index (χ0v) is 14.5. The van der Waals surface area contributed by atoms with Crippen LogP contribution in [-0.4, -0.2) is 44.7 Å². The molecule has 1 heterocycles. The largest absolute Gasteiger partial charge is 0.493 e. The third-order valence-electron chi connectivity index (χ3n) is 3.39. The van der Waals surface area contributed by atoms with E-state index in [1.807, 2.05) is 13.8 Å². The number of aromatic amines is 1. The first kappa shape index (κ1) is 18.5. The van der Waals surface area contributed by atoms with Crippen LogP contribution in [-0.2, 0) is 11.2 Å². The van der Waals surface area contributed by atoms with Gasteiger partial charge in [-0.2, -0.15) is 4.98 Å². The molecule has 0 radical (unpaired) electrons. The predicted molar refractivity (Wildman–Crippen MR) is 88.3 cm³/mol. The lowest BCUT2D eigenvalue weighted by Crippen LogP contribution is -2.32. The molecule has 1 aromatic heterocycles. The highest BCUT2D eigenvalue weighted by Crippen LogP contribution is 2.18. The zero-order chi connectivity index (χ0) is 16.7. The van der Waals surface area contributed by atoms with Gasteiger partial charge in [0.1, 0.15) is 0 Å². The number of nitrogens with one attached hydrogen (secondary N) is 1. The first-order chi connectivity index (χ1) is 10.4. The Hall–Kier alpha value is -1.50. The third-order valence-corrected chi connectivity index (χ3v) is 4.25. The summed E-state index contributed by atoms with van der Waals surface area (Å²) in [4.78, 5) is 32.2. The van der Waals surface area contributed by atoms with Crippen LogP contribution >= 0.6 is 11.8 Å². The van der Waals surface area contributed by atoms with E-state index in [4.69, 9.17) is 0 Å². The predicted octanol–water partition coefficient (Wildman–Crippen LogP) is 2.02. The van der Waals surface area contributed by atoms with Crippen molar-refractivity contribution in [2.24, 2.45) is 5.92 Å². The summed E-state index contributed by atoms with van der Waals surface area (Å²) in [5, 5.41) is 10.2. The molecule has 0 aliphatic heterocycles. The molecule has 0 aromatic carbocycles. The second-order valence-corrected chi connectivity index (χ2v) is 6.42. The van der Waals surface area contributed by atoms with Crippen molar-refractivity contribution in [1.82, 2.24) is 14.9 Å². The topological polar surface area (TPSA) is 86.3 Å². The van der Waals surface area contributed by atoms with Crippen molar-refractivity contribution in [2.45, 2.75) is 45.7 Å². The van der Waals surface area contributed by atoms with E-state index in [1.165, 1.54) is 0 Å². The second-order valence-electron chi connectivity index (χ2n) is 5.46. The van der Waals surface area contributed by atoms with Crippen molar-refractivity contribution in [3.63, 3.8) is 0 Å². The maximum Gasteiger partial charge on any atom is 0.258 e. The van der Waals surface area contributed by atoms with Crippen LogP contribution in [0.5, 0.6) is 5.88 Å². The zero-order valence-electron chi connectivity index (χ0n) is 13.7. The molecular formula is C15H25N3O3S. The Morgan fingerprint density at radius 2 is 2.00 bits per heavy atom. The Labute approximate surface area is 135 Å². The molecule has 0 spiro atoms. The van der Waals surface area contributed by atoms with Gasteiger partial charge in [-0.25, -0.2) is 0 Å². The quantitative estimate of drug-likeness (QED) is 0.563. The molecule has 0 aliphatic carbocycles. The lowest BCUT2D eigenvalue weighted by atomic mass is 10.0. The SMILES string of the molecule is CCN(CC)C(=O)CSc1nc(O)c(CCC(C)C)c(=O)[nH]1. The number of hydrogen-bond donors (Lipinski definition) is 2. The molecule has 7 heteroatoms. The minimum Gasteiger partial charge on any atom is -0.493 e. The number of carbonyl (C=O) groups is 1. The molecule has 0 saturated heterocycles.